The van der Waals surface area contributed by atoms with Crippen LogP contribution in [0.4, 0.5) is 0 Å². The highest BCUT2D eigenvalue weighted by Gasteiger charge is 2.08. The Labute approximate surface area is 182 Å². The largest absolute Gasteiger partial charge is 0.457 e. The van der Waals surface area contributed by atoms with E-state index in [4.69, 9.17) is 4.74 Å². The second-order valence-electron chi connectivity index (χ2n) is 7.49. The molecule has 0 bridgehead atoms. The summed E-state index contributed by atoms with van der Waals surface area (Å²) in [4.78, 5) is 28.1. The maximum atomic E-state index is 12.4. The van der Waals surface area contributed by atoms with Gasteiger partial charge in [-0.1, -0.05) is 38.1 Å². The molecule has 0 atom stereocenters. The van der Waals surface area contributed by atoms with Gasteiger partial charge in [0.05, 0.1) is 0 Å². The summed E-state index contributed by atoms with van der Waals surface area (Å²) in [5.41, 5.74) is 3.20. The van der Waals surface area contributed by atoms with Crippen molar-refractivity contribution in [2.75, 3.05) is 13.6 Å². The number of benzene rings is 2. The van der Waals surface area contributed by atoms with Gasteiger partial charge in [0.2, 0.25) is 0 Å². The fourth-order valence-corrected chi connectivity index (χ4v) is 3.07. The topological polar surface area (TPSA) is 80.3 Å². The van der Waals surface area contributed by atoms with Crippen LogP contribution in [0.2, 0.25) is 0 Å². The van der Waals surface area contributed by atoms with Crippen molar-refractivity contribution in [3.05, 3.63) is 89.2 Å². The van der Waals surface area contributed by atoms with Gasteiger partial charge in [-0.25, -0.2) is 0 Å². The average Bonchev–Trinajstić information content (AvgIpc) is 2.79. The molecular formula is C25H27N3O3. The van der Waals surface area contributed by atoms with Crippen molar-refractivity contribution in [1.29, 1.82) is 0 Å². The third kappa shape index (κ3) is 6.15. The number of amides is 2. The molecule has 0 radical (unpaired) electrons. The second-order valence-corrected chi connectivity index (χ2v) is 7.49. The predicted octanol–water partition coefficient (Wildman–Crippen LogP) is 4.33. The van der Waals surface area contributed by atoms with Gasteiger partial charge in [0, 0.05) is 31.4 Å². The number of carbonyl (C=O) groups excluding carboxylic acids is 2. The predicted molar refractivity (Wildman–Crippen MR) is 121 cm³/mol. The van der Waals surface area contributed by atoms with E-state index < -0.39 is 0 Å². The summed E-state index contributed by atoms with van der Waals surface area (Å²) in [6.45, 7) is 4.77. The molecule has 6 nitrogen and oxygen atoms in total. The van der Waals surface area contributed by atoms with Crippen LogP contribution in [-0.4, -0.2) is 30.4 Å². The molecule has 3 rings (SSSR count). The number of ether oxygens (including phenoxy) is 1. The van der Waals surface area contributed by atoms with E-state index in [1.165, 1.54) is 11.8 Å². The van der Waals surface area contributed by atoms with Crippen molar-refractivity contribution in [2.24, 2.45) is 0 Å². The molecule has 2 amide bonds. The number of rotatable bonds is 8. The molecule has 2 aromatic carbocycles. The third-order valence-corrected chi connectivity index (χ3v) is 4.86. The van der Waals surface area contributed by atoms with E-state index >= 15 is 0 Å². The van der Waals surface area contributed by atoms with E-state index in [0.717, 1.165) is 5.56 Å². The lowest BCUT2D eigenvalue weighted by atomic mass is 10.0. The fourth-order valence-electron chi connectivity index (χ4n) is 3.07. The van der Waals surface area contributed by atoms with Crippen molar-refractivity contribution >= 4 is 11.8 Å². The van der Waals surface area contributed by atoms with Gasteiger partial charge in [-0.05, 0) is 53.8 Å². The van der Waals surface area contributed by atoms with Gasteiger partial charge in [-0.2, -0.15) is 0 Å². The molecule has 31 heavy (non-hydrogen) atoms. The summed E-state index contributed by atoms with van der Waals surface area (Å²) >= 11 is 0. The highest BCUT2D eigenvalue weighted by Crippen LogP contribution is 2.22. The SMILES string of the molecule is CNC(=O)c1cc(Oc2cccc(CCNC(=O)c3ccc(C(C)C)cc3)c2)ccn1. The Morgan fingerprint density at radius 3 is 2.42 bits per heavy atom. The lowest BCUT2D eigenvalue weighted by Crippen LogP contribution is -2.25. The van der Waals surface area contributed by atoms with Crippen molar-refractivity contribution < 1.29 is 14.3 Å². The lowest BCUT2D eigenvalue weighted by Gasteiger charge is -2.10. The zero-order valence-electron chi connectivity index (χ0n) is 18.0. The molecule has 0 aliphatic rings. The molecular weight excluding hydrogens is 390 g/mol. The first kappa shape index (κ1) is 22.0. The number of nitrogens with zero attached hydrogens (tertiary/aromatic N) is 1. The molecule has 6 heteroatoms. The minimum Gasteiger partial charge on any atom is -0.457 e. The van der Waals surface area contributed by atoms with Crippen LogP contribution in [0.15, 0.2) is 66.9 Å². The smallest absolute Gasteiger partial charge is 0.269 e. The highest BCUT2D eigenvalue weighted by atomic mass is 16.5. The van der Waals surface area contributed by atoms with E-state index in [2.05, 4.69) is 29.5 Å². The molecule has 0 saturated carbocycles. The molecule has 0 saturated heterocycles. The first-order valence-electron chi connectivity index (χ1n) is 10.3. The third-order valence-electron chi connectivity index (χ3n) is 4.86. The van der Waals surface area contributed by atoms with Crippen LogP contribution >= 0.6 is 0 Å². The Morgan fingerprint density at radius 2 is 1.71 bits per heavy atom. The molecule has 1 heterocycles. The van der Waals surface area contributed by atoms with Crippen molar-refractivity contribution in [1.82, 2.24) is 15.6 Å². The van der Waals surface area contributed by atoms with Crippen LogP contribution in [0.5, 0.6) is 11.5 Å². The summed E-state index contributed by atoms with van der Waals surface area (Å²) in [6, 6.07) is 18.7. The maximum absolute atomic E-state index is 12.4. The van der Waals surface area contributed by atoms with E-state index in [1.807, 2.05) is 48.5 Å². The molecule has 1 aromatic heterocycles. The van der Waals surface area contributed by atoms with Crippen LogP contribution < -0.4 is 15.4 Å². The molecule has 160 valence electrons. The standard InChI is InChI=1S/C25H27N3O3/c1-17(2)19-7-9-20(10-8-19)24(29)28-13-11-18-5-4-6-21(15-18)31-22-12-14-27-23(16-22)25(30)26-3/h4-10,12,14-17H,11,13H2,1-3H3,(H,26,30)(H,28,29). The number of carbonyl (C=O) groups is 2. The number of aromatic nitrogens is 1. The monoisotopic (exact) mass is 417 g/mol. The van der Waals surface area contributed by atoms with Gasteiger partial charge in [0.25, 0.3) is 11.8 Å². The fraction of sp³-hybridized carbons (Fsp3) is 0.240. The van der Waals surface area contributed by atoms with Crippen LogP contribution in [0, 0.1) is 0 Å². The van der Waals surface area contributed by atoms with E-state index in [9.17, 15) is 9.59 Å². The Hall–Kier alpha value is -3.67. The van der Waals surface area contributed by atoms with E-state index in [-0.39, 0.29) is 11.8 Å². The van der Waals surface area contributed by atoms with Gasteiger partial charge in [-0.3, -0.25) is 14.6 Å². The highest BCUT2D eigenvalue weighted by molar-refractivity contribution is 5.94. The summed E-state index contributed by atoms with van der Waals surface area (Å²) < 4.78 is 5.87. The molecule has 0 unspecified atom stereocenters. The Kier molecular flexibility index (Phi) is 7.38. The summed E-state index contributed by atoms with van der Waals surface area (Å²) in [5, 5.41) is 5.50. The number of nitrogens with one attached hydrogen (secondary N) is 2. The zero-order chi connectivity index (χ0) is 22.2. The summed E-state index contributed by atoms with van der Waals surface area (Å²) in [5.74, 6) is 1.27. The van der Waals surface area contributed by atoms with Crippen LogP contribution in [0.25, 0.3) is 0 Å². The van der Waals surface area contributed by atoms with Gasteiger partial charge in [0.1, 0.15) is 17.2 Å². The van der Waals surface area contributed by atoms with Gasteiger partial charge in [-0.15, -0.1) is 0 Å². The second kappa shape index (κ2) is 10.4. The minimum absolute atomic E-state index is 0.0822. The maximum Gasteiger partial charge on any atom is 0.269 e. The molecule has 0 fully saturated rings. The number of hydrogen-bond acceptors (Lipinski definition) is 4. The van der Waals surface area contributed by atoms with Gasteiger partial charge < -0.3 is 15.4 Å². The number of hydrogen-bond donors (Lipinski definition) is 2. The van der Waals surface area contributed by atoms with Crippen molar-refractivity contribution in [2.45, 2.75) is 26.2 Å². The first-order chi connectivity index (χ1) is 15.0. The van der Waals surface area contributed by atoms with E-state index in [0.29, 0.717) is 41.6 Å². The van der Waals surface area contributed by atoms with Gasteiger partial charge >= 0.3 is 0 Å². The molecule has 0 spiro atoms. The molecule has 0 aliphatic heterocycles. The Balaban J connectivity index is 1.56. The van der Waals surface area contributed by atoms with Crippen LogP contribution in [-0.2, 0) is 6.42 Å². The van der Waals surface area contributed by atoms with Gasteiger partial charge in [0.15, 0.2) is 0 Å². The minimum atomic E-state index is -0.270. The lowest BCUT2D eigenvalue weighted by molar-refractivity contribution is 0.0947. The average molecular weight is 418 g/mol. The Morgan fingerprint density at radius 1 is 0.968 bits per heavy atom. The molecule has 3 aromatic rings. The van der Waals surface area contributed by atoms with Crippen molar-refractivity contribution in [3.63, 3.8) is 0 Å². The molecule has 2 N–H and O–H groups in total. The molecule has 0 aliphatic carbocycles. The van der Waals surface area contributed by atoms with Crippen LogP contribution in [0.3, 0.4) is 0 Å². The Bertz CT molecular complexity index is 1050. The first-order valence-corrected chi connectivity index (χ1v) is 10.3. The van der Waals surface area contributed by atoms with Crippen molar-refractivity contribution in [3.8, 4) is 11.5 Å². The van der Waals surface area contributed by atoms with Crippen LogP contribution in [0.1, 0.15) is 51.7 Å². The quantitative estimate of drug-likeness (QED) is 0.572. The summed E-state index contributed by atoms with van der Waals surface area (Å²) in [7, 11) is 1.56. The summed E-state index contributed by atoms with van der Waals surface area (Å²) in [6.07, 6.45) is 2.21. The normalized spacial score (nSPS) is 10.6. The zero-order valence-corrected chi connectivity index (χ0v) is 18.0. The number of pyridine rings is 1. The van der Waals surface area contributed by atoms with E-state index in [1.54, 1.807) is 19.2 Å².